The van der Waals surface area contributed by atoms with Gasteiger partial charge < -0.3 is 15.2 Å². The van der Waals surface area contributed by atoms with E-state index in [4.69, 9.17) is 4.74 Å². The molecule has 134 valence electrons. The zero-order valence-corrected chi connectivity index (χ0v) is 13.4. The molecule has 0 aromatic heterocycles. The van der Waals surface area contributed by atoms with Crippen LogP contribution in [0.4, 0.5) is 18.9 Å². The van der Waals surface area contributed by atoms with E-state index >= 15 is 0 Å². The van der Waals surface area contributed by atoms with E-state index in [-0.39, 0.29) is 24.3 Å². The molecule has 2 rings (SSSR count). The van der Waals surface area contributed by atoms with Crippen LogP contribution in [0.1, 0.15) is 12.5 Å². The third-order valence-electron chi connectivity index (χ3n) is 4.03. The predicted octanol–water partition coefficient (Wildman–Crippen LogP) is 1.97. The first kappa shape index (κ1) is 18.7. The molecule has 1 amide bonds. The molecule has 0 saturated carbocycles. The number of benzene rings is 1. The second-order valence-corrected chi connectivity index (χ2v) is 6.05. The molecule has 5 nitrogen and oxygen atoms in total. The lowest BCUT2D eigenvalue weighted by atomic mass is 9.86. The Kier molecular flexibility index (Phi) is 5.84. The lowest BCUT2D eigenvalue weighted by molar-refractivity contribution is -0.149. The number of hydrogen-bond donors (Lipinski definition) is 2. The highest BCUT2D eigenvalue weighted by atomic mass is 19.4. The third-order valence-corrected chi connectivity index (χ3v) is 4.03. The number of carbonyl (C=O) groups excluding carboxylic acids is 1. The number of para-hydroxylation sites is 1. The molecule has 1 heterocycles. The number of carbonyl (C=O) groups is 1. The molecule has 0 aliphatic carbocycles. The Morgan fingerprint density at radius 2 is 2.04 bits per heavy atom. The second-order valence-electron chi connectivity index (χ2n) is 6.05. The molecule has 8 heteroatoms. The van der Waals surface area contributed by atoms with Gasteiger partial charge in [0.1, 0.15) is 0 Å². The summed E-state index contributed by atoms with van der Waals surface area (Å²) < 4.78 is 44.0. The van der Waals surface area contributed by atoms with Crippen LogP contribution in [0.15, 0.2) is 24.3 Å². The first-order chi connectivity index (χ1) is 11.3. The number of aliphatic hydroxyl groups is 1. The van der Waals surface area contributed by atoms with E-state index in [9.17, 15) is 23.1 Å². The number of ether oxygens (including phenoxy) is 1. The van der Waals surface area contributed by atoms with Gasteiger partial charge in [-0.3, -0.25) is 9.69 Å². The number of likely N-dealkylation sites (N-methyl/N-ethyl adjacent to an activating group) is 1. The van der Waals surface area contributed by atoms with Crippen molar-refractivity contribution in [1.82, 2.24) is 4.90 Å². The molecule has 1 aliphatic heterocycles. The summed E-state index contributed by atoms with van der Waals surface area (Å²) >= 11 is 0. The SMILES string of the molecule is CCN(CC(=O)Nc1ccccc1C(F)(F)F)CC1(CO)COC1. The Hall–Kier alpha value is -1.64. The number of amides is 1. The van der Waals surface area contributed by atoms with Gasteiger partial charge in [0.2, 0.25) is 5.91 Å². The summed E-state index contributed by atoms with van der Waals surface area (Å²) in [7, 11) is 0. The van der Waals surface area contributed by atoms with Gasteiger partial charge in [0, 0.05) is 6.54 Å². The number of aliphatic hydroxyl groups excluding tert-OH is 1. The first-order valence-electron chi connectivity index (χ1n) is 7.67. The van der Waals surface area contributed by atoms with Crippen molar-refractivity contribution >= 4 is 11.6 Å². The van der Waals surface area contributed by atoms with Crippen molar-refractivity contribution in [3.8, 4) is 0 Å². The summed E-state index contributed by atoms with van der Waals surface area (Å²) in [5, 5.41) is 11.8. The largest absolute Gasteiger partial charge is 0.418 e. The van der Waals surface area contributed by atoms with Crippen LogP contribution in [-0.2, 0) is 15.7 Å². The molecular weight excluding hydrogens is 325 g/mol. The highest BCUT2D eigenvalue weighted by Crippen LogP contribution is 2.34. The lowest BCUT2D eigenvalue weighted by Crippen LogP contribution is -2.54. The Morgan fingerprint density at radius 3 is 2.54 bits per heavy atom. The molecule has 0 bridgehead atoms. The molecule has 1 aliphatic rings. The van der Waals surface area contributed by atoms with Crippen molar-refractivity contribution in [2.45, 2.75) is 13.1 Å². The van der Waals surface area contributed by atoms with Gasteiger partial charge in [-0.1, -0.05) is 19.1 Å². The number of nitrogens with zero attached hydrogens (tertiary/aromatic N) is 1. The van der Waals surface area contributed by atoms with Crippen LogP contribution in [0.25, 0.3) is 0 Å². The molecule has 24 heavy (non-hydrogen) atoms. The van der Waals surface area contributed by atoms with E-state index in [1.165, 1.54) is 18.2 Å². The van der Waals surface area contributed by atoms with E-state index in [0.717, 1.165) is 6.07 Å². The van der Waals surface area contributed by atoms with Crippen molar-refractivity contribution in [2.24, 2.45) is 5.41 Å². The molecule has 0 spiro atoms. The van der Waals surface area contributed by atoms with Gasteiger partial charge in [-0.25, -0.2) is 0 Å². The smallest absolute Gasteiger partial charge is 0.396 e. The summed E-state index contributed by atoms with van der Waals surface area (Å²) in [5.74, 6) is -0.526. The molecule has 0 atom stereocenters. The molecule has 2 N–H and O–H groups in total. The molecule has 1 saturated heterocycles. The number of anilines is 1. The molecule has 1 fully saturated rings. The number of alkyl halides is 3. The van der Waals surface area contributed by atoms with E-state index in [1.807, 2.05) is 6.92 Å². The third kappa shape index (κ3) is 4.46. The molecule has 1 aromatic rings. The summed E-state index contributed by atoms with van der Waals surface area (Å²) in [4.78, 5) is 13.9. The van der Waals surface area contributed by atoms with Crippen LogP contribution in [0.5, 0.6) is 0 Å². The molecule has 1 aromatic carbocycles. The van der Waals surface area contributed by atoms with Gasteiger partial charge in [0.15, 0.2) is 0 Å². The molecular formula is C16H21F3N2O3. The van der Waals surface area contributed by atoms with Crippen molar-refractivity contribution in [2.75, 3.05) is 44.8 Å². The monoisotopic (exact) mass is 346 g/mol. The average Bonchev–Trinajstić information content (AvgIpc) is 2.49. The summed E-state index contributed by atoms with van der Waals surface area (Å²) in [6.45, 7) is 3.56. The summed E-state index contributed by atoms with van der Waals surface area (Å²) in [6, 6.07) is 4.87. The minimum absolute atomic E-state index is 0.0511. The Morgan fingerprint density at radius 1 is 1.38 bits per heavy atom. The van der Waals surface area contributed by atoms with Gasteiger partial charge in [-0.2, -0.15) is 13.2 Å². The van der Waals surface area contributed by atoms with Crippen LogP contribution >= 0.6 is 0 Å². The fourth-order valence-electron chi connectivity index (χ4n) is 2.61. The second kappa shape index (κ2) is 7.50. The van der Waals surface area contributed by atoms with E-state index < -0.39 is 17.6 Å². The molecule has 0 unspecified atom stereocenters. The maximum atomic E-state index is 12.9. The first-order valence-corrected chi connectivity index (χ1v) is 7.67. The maximum Gasteiger partial charge on any atom is 0.418 e. The van der Waals surface area contributed by atoms with Crippen molar-refractivity contribution in [3.05, 3.63) is 29.8 Å². The van der Waals surface area contributed by atoms with Gasteiger partial charge in [-0.15, -0.1) is 0 Å². The fraction of sp³-hybridized carbons (Fsp3) is 0.562. The standard InChI is InChI=1S/C16H21F3N2O3/c1-2-21(8-15(9-22)10-24-11-15)7-14(23)20-13-6-4-3-5-12(13)16(17,18)19/h3-6,22H,2,7-11H2,1H3,(H,20,23). The predicted molar refractivity (Wildman–Crippen MR) is 82.5 cm³/mol. The Bertz CT molecular complexity index is 568. The maximum absolute atomic E-state index is 12.9. The van der Waals surface area contributed by atoms with E-state index in [1.54, 1.807) is 4.90 Å². The van der Waals surface area contributed by atoms with E-state index in [0.29, 0.717) is 26.3 Å². The highest BCUT2D eigenvalue weighted by Gasteiger charge is 2.39. The van der Waals surface area contributed by atoms with Gasteiger partial charge in [-0.05, 0) is 18.7 Å². The van der Waals surface area contributed by atoms with E-state index in [2.05, 4.69) is 5.32 Å². The van der Waals surface area contributed by atoms with Crippen molar-refractivity contribution < 1.29 is 27.8 Å². The number of halogens is 3. The zero-order chi connectivity index (χ0) is 17.8. The van der Waals surface area contributed by atoms with Gasteiger partial charge in [0.05, 0.1) is 43.0 Å². The lowest BCUT2D eigenvalue weighted by Gasteiger charge is -2.42. The van der Waals surface area contributed by atoms with Crippen LogP contribution < -0.4 is 5.32 Å². The normalized spacial score (nSPS) is 16.8. The zero-order valence-electron chi connectivity index (χ0n) is 13.4. The Labute approximate surface area is 138 Å². The summed E-state index contributed by atoms with van der Waals surface area (Å²) in [5.41, 5.74) is -1.52. The summed E-state index contributed by atoms with van der Waals surface area (Å²) in [6.07, 6.45) is -4.53. The quantitative estimate of drug-likeness (QED) is 0.793. The number of nitrogens with one attached hydrogen (secondary N) is 1. The highest BCUT2D eigenvalue weighted by molar-refractivity contribution is 5.93. The van der Waals surface area contributed by atoms with Crippen LogP contribution in [0, 0.1) is 5.41 Å². The van der Waals surface area contributed by atoms with Gasteiger partial charge >= 0.3 is 6.18 Å². The van der Waals surface area contributed by atoms with Crippen LogP contribution in [0.2, 0.25) is 0 Å². The molecule has 0 radical (unpaired) electrons. The minimum Gasteiger partial charge on any atom is -0.396 e. The minimum atomic E-state index is -4.53. The number of hydrogen-bond acceptors (Lipinski definition) is 4. The number of rotatable bonds is 7. The van der Waals surface area contributed by atoms with Crippen LogP contribution in [0.3, 0.4) is 0 Å². The van der Waals surface area contributed by atoms with Crippen LogP contribution in [-0.4, -0.2) is 55.4 Å². The fourth-order valence-corrected chi connectivity index (χ4v) is 2.61. The Balaban J connectivity index is 2.00. The van der Waals surface area contributed by atoms with Crippen molar-refractivity contribution in [1.29, 1.82) is 0 Å². The topological polar surface area (TPSA) is 61.8 Å². The average molecular weight is 346 g/mol. The van der Waals surface area contributed by atoms with Crippen molar-refractivity contribution in [3.63, 3.8) is 0 Å². The van der Waals surface area contributed by atoms with Gasteiger partial charge in [0.25, 0.3) is 0 Å².